The largest absolute Gasteiger partial charge is 0.454 e. The number of carbonyl (C=O) groups is 2. The van der Waals surface area contributed by atoms with Gasteiger partial charge < -0.3 is 4.74 Å². The highest BCUT2D eigenvalue weighted by molar-refractivity contribution is 6.30. The van der Waals surface area contributed by atoms with Crippen molar-refractivity contribution < 1.29 is 14.3 Å². The summed E-state index contributed by atoms with van der Waals surface area (Å²) in [6.45, 7) is 1.76. The maximum atomic E-state index is 13.3. The minimum atomic E-state index is -0.494. The Kier molecular flexibility index (Phi) is 6.47. The van der Waals surface area contributed by atoms with Crippen molar-refractivity contribution in [2.75, 3.05) is 6.61 Å². The van der Waals surface area contributed by atoms with Crippen LogP contribution in [0.4, 0.5) is 0 Å². The lowest BCUT2D eigenvalue weighted by atomic mass is 10.0. The Balaban J connectivity index is 1.46. The maximum absolute atomic E-state index is 13.3. The molecule has 0 radical (unpaired) electrons. The zero-order valence-corrected chi connectivity index (χ0v) is 20.1. The molecule has 174 valence electrons. The number of allylic oxidation sites excluding steroid dienone is 1. The molecule has 0 saturated heterocycles. The lowest BCUT2D eigenvalue weighted by molar-refractivity contribution is 0.0475. The van der Waals surface area contributed by atoms with Crippen LogP contribution < -0.4 is 0 Å². The van der Waals surface area contributed by atoms with Crippen molar-refractivity contribution in [3.8, 4) is 0 Å². The van der Waals surface area contributed by atoms with Crippen molar-refractivity contribution in [2.24, 2.45) is 0 Å². The first-order valence-electron chi connectivity index (χ1n) is 11.7. The molecule has 1 aliphatic rings. The predicted octanol–water partition coefficient (Wildman–Crippen LogP) is 6.98. The molecule has 0 aliphatic heterocycles. The second-order valence-corrected chi connectivity index (χ2v) is 9.04. The minimum absolute atomic E-state index is 0.223. The van der Waals surface area contributed by atoms with Crippen LogP contribution in [0.25, 0.3) is 22.6 Å². The van der Waals surface area contributed by atoms with Gasteiger partial charge in [0.25, 0.3) is 0 Å². The highest BCUT2D eigenvalue weighted by Crippen LogP contribution is 2.38. The Morgan fingerprint density at radius 1 is 0.971 bits per heavy atom. The van der Waals surface area contributed by atoms with E-state index in [2.05, 4.69) is 13.0 Å². The monoisotopic (exact) mass is 481 g/mol. The molecule has 1 aromatic heterocycles. The zero-order chi connectivity index (χ0) is 24.4. The molecule has 5 rings (SSSR count). The van der Waals surface area contributed by atoms with E-state index in [1.54, 1.807) is 12.1 Å². The fraction of sp³-hybridized carbons (Fsp3) is 0.167. The average molecular weight is 482 g/mol. The number of benzene rings is 3. The van der Waals surface area contributed by atoms with Crippen molar-refractivity contribution in [2.45, 2.75) is 26.2 Å². The number of pyridine rings is 1. The van der Waals surface area contributed by atoms with E-state index in [0.29, 0.717) is 22.6 Å². The van der Waals surface area contributed by atoms with Gasteiger partial charge >= 0.3 is 5.97 Å². The van der Waals surface area contributed by atoms with Gasteiger partial charge in [0.2, 0.25) is 0 Å². The van der Waals surface area contributed by atoms with Crippen molar-refractivity contribution in [3.05, 3.63) is 111 Å². The second-order valence-electron chi connectivity index (χ2n) is 8.60. The van der Waals surface area contributed by atoms with Crippen LogP contribution in [0, 0.1) is 0 Å². The van der Waals surface area contributed by atoms with Crippen LogP contribution in [0.5, 0.6) is 0 Å². The van der Waals surface area contributed by atoms with Gasteiger partial charge in [0.15, 0.2) is 12.4 Å². The van der Waals surface area contributed by atoms with Crippen molar-refractivity contribution in [1.29, 1.82) is 0 Å². The molecule has 0 spiro atoms. The van der Waals surface area contributed by atoms with Gasteiger partial charge in [0, 0.05) is 16.0 Å². The molecule has 0 N–H and O–H groups in total. The Bertz CT molecular complexity index is 1450. The summed E-state index contributed by atoms with van der Waals surface area (Å²) in [4.78, 5) is 30.9. The van der Waals surface area contributed by atoms with Crippen molar-refractivity contribution in [1.82, 2.24) is 4.98 Å². The summed E-state index contributed by atoms with van der Waals surface area (Å²) in [5.41, 5.74) is 6.68. The van der Waals surface area contributed by atoms with Gasteiger partial charge in [-0.3, -0.25) is 4.79 Å². The standard InChI is InChI=1S/C30H24ClNO3/c1-2-19-7-11-21(12-8-19)27(33)18-35-30(34)28-24-5-3-4-6-26(24)32-29-22(13-16-25(28)29)17-20-9-14-23(31)15-10-20/h3-12,14-15,17H,2,13,16,18H2,1H3. The third-order valence-corrected chi connectivity index (χ3v) is 6.63. The number of ketones is 1. The number of rotatable bonds is 6. The van der Waals surface area contributed by atoms with Crippen molar-refractivity contribution >= 4 is 45.9 Å². The summed E-state index contributed by atoms with van der Waals surface area (Å²) in [5.74, 6) is -0.717. The molecule has 0 fully saturated rings. The Hall–Kier alpha value is -3.76. The molecule has 35 heavy (non-hydrogen) atoms. The molecule has 1 heterocycles. The Morgan fingerprint density at radius 3 is 2.46 bits per heavy atom. The third-order valence-electron chi connectivity index (χ3n) is 6.38. The van der Waals surface area contributed by atoms with Crippen LogP contribution in [0.3, 0.4) is 0 Å². The van der Waals surface area contributed by atoms with E-state index in [4.69, 9.17) is 21.3 Å². The summed E-state index contributed by atoms with van der Waals surface area (Å²) in [7, 11) is 0. The van der Waals surface area contributed by atoms with E-state index in [0.717, 1.165) is 51.7 Å². The molecular weight excluding hydrogens is 458 g/mol. The smallest absolute Gasteiger partial charge is 0.339 e. The fourth-order valence-corrected chi connectivity index (χ4v) is 4.61. The number of fused-ring (bicyclic) bond motifs is 2. The molecule has 0 unspecified atom stereocenters. The minimum Gasteiger partial charge on any atom is -0.454 e. The number of nitrogens with zero attached hydrogens (tertiary/aromatic N) is 1. The van der Waals surface area contributed by atoms with E-state index in [9.17, 15) is 9.59 Å². The predicted molar refractivity (Wildman–Crippen MR) is 140 cm³/mol. The first kappa shape index (κ1) is 23.0. The lowest BCUT2D eigenvalue weighted by Gasteiger charge is -2.12. The number of aryl methyl sites for hydroxylation is 1. The van der Waals surface area contributed by atoms with E-state index in [1.807, 2.05) is 60.7 Å². The van der Waals surface area contributed by atoms with E-state index >= 15 is 0 Å². The second kappa shape index (κ2) is 9.85. The normalized spacial score (nSPS) is 13.7. The van der Waals surface area contributed by atoms with Crippen LogP contribution >= 0.6 is 11.6 Å². The number of carbonyl (C=O) groups excluding carboxylic acids is 2. The molecule has 5 heteroatoms. The highest BCUT2D eigenvalue weighted by Gasteiger charge is 2.28. The number of para-hydroxylation sites is 1. The number of hydrogen-bond donors (Lipinski definition) is 0. The van der Waals surface area contributed by atoms with Gasteiger partial charge in [-0.2, -0.15) is 0 Å². The number of halogens is 1. The summed E-state index contributed by atoms with van der Waals surface area (Å²) in [6.07, 6.45) is 4.44. The molecule has 0 amide bonds. The first-order valence-corrected chi connectivity index (χ1v) is 12.1. The highest BCUT2D eigenvalue weighted by atomic mass is 35.5. The summed E-state index contributed by atoms with van der Waals surface area (Å²) in [6, 6.07) is 22.6. The van der Waals surface area contributed by atoms with Gasteiger partial charge in [-0.1, -0.05) is 73.1 Å². The first-order chi connectivity index (χ1) is 17.0. The Labute approximate surface area is 209 Å². The van der Waals surface area contributed by atoms with Crippen LogP contribution in [0.1, 0.15) is 56.4 Å². The van der Waals surface area contributed by atoms with E-state index in [1.165, 1.54) is 0 Å². The quantitative estimate of drug-likeness (QED) is 0.220. The molecule has 0 atom stereocenters. The lowest BCUT2D eigenvalue weighted by Crippen LogP contribution is -2.16. The number of aromatic nitrogens is 1. The van der Waals surface area contributed by atoms with Crippen molar-refractivity contribution in [3.63, 3.8) is 0 Å². The van der Waals surface area contributed by atoms with Crippen LogP contribution in [0.15, 0.2) is 72.8 Å². The SMILES string of the molecule is CCc1ccc(C(=O)COC(=O)c2c3c(nc4ccccc24)C(=Cc2ccc(Cl)cc2)CC3)cc1. The van der Waals surface area contributed by atoms with Gasteiger partial charge in [-0.05, 0) is 65.8 Å². The number of esters is 1. The third kappa shape index (κ3) is 4.75. The van der Waals surface area contributed by atoms with Gasteiger partial charge in [0.05, 0.1) is 16.8 Å². The molecular formula is C30H24ClNO3. The molecule has 4 aromatic rings. The number of hydrogen-bond acceptors (Lipinski definition) is 4. The molecule has 4 nitrogen and oxygen atoms in total. The van der Waals surface area contributed by atoms with Gasteiger partial charge in [-0.15, -0.1) is 0 Å². The molecule has 3 aromatic carbocycles. The summed E-state index contributed by atoms with van der Waals surface area (Å²) >= 11 is 6.03. The average Bonchev–Trinajstić information content (AvgIpc) is 3.28. The van der Waals surface area contributed by atoms with Crippen LogP contribution in [-0.4, -0.2) is 23.3 Å². The Morgan fingerprint density at radius 2 is 1.71 bits per heavy atom. The van der Waals surface area contributed by atoms with E-state index in [-0.39, 0.29) is 12.4 Å². The molecule has 1 aliphatic carbocycles. The van der Waals surface area contributed by atoms with E-state index < -0.39 is 5.97 Å². The number of Topliss-reactive ketones (excluding diaryl/α,β-unsaturated/α-hetero) is 1. The van der Waals surface area contributed by atoms with Gasteiger partial charge in [-0.25, -0.2) is 9.78 Å². The number of ether oxygens (including phenoxy) is 1. The maximum Gasteiger partial charge on any atom is 0.339 e. The fourth-order valence-electron chi connectivity index (χ4n) is 4.49. The summed E-state index contributed by atoms with van der Waals surface area (Å²) in [5, 5.41) is 1.42. The van der Waals surface area contributed by atoms with Crippen LogP contribution in [0.2, 0.25) is 5.02 Å². The summed E-state index contributed by atoms with van der Waals surface area (Å²) < 4.78 is 5.55. The topological polar surface area (TPSA) is 56.3 Å². The van der Waals surface area contributed by atoms with Gasteiger partial charge in [0.1, 0.15) is 0 Å². The zero-order valence-electron chi connectivity index (χ0n) is 19.4. The molecule has 0 saturated carbocycles. The van der Waals surface area contributed by atoms with Crippen LogP contribution in [-0.2, 0) is 17.6 Å². The molecule has 0 bridgehead atoms.